The molecular weight excluding hydrogens is 248 g/mol. The minimum atomic E-state index is -0.0404. The molecule has 0 aliphatic carbocycles. The normalized spacial score (nSPS) is 19.6. The predicted molar refractivity (Wildman–Crippen MR) is 82.2 cm³/mol. The molecule has 0 saturated carbocycles. The molecule has 0 aromatic heterocycles. The third kappa shape index (κ3) is 4.07. The smallest absolute Gasteiger partial charge is 0.222 e. The van der Waals surface area contributed by atoms with E-state index in [1.807, 2.05) is 35.2 Å². The number of nitrogens with zero attached hydrogens (tertiary/aromatic N) is 1. The number of nitrogens with two attached hydrogens (primary N) is 1. The molecule has 3 heteroatoms. The van der Waals surface area contributed by atoms with E-state index in [2.05, 4.69) is 13.8 Å². The third-order valence-corrected chi connectivity index (χ3v) is 4.37. The minimum absolute atomic E-state index is 0.0404. The van der Waals surface area contributed by atoms with Crippen molar-refractivity contribution in [2.75, 3.05) is 13.1 Å². The number of carbonyl (C=O) groups is 1. The van der Waals surface area contributed by atoms with Crippen molar-refractivity contribution in [1.82, 2.24) is 4.90 Å². The molecule has 0 spiro atoms. The monoisotopic (exact) mass is 274 g/mol. The third-order valence-electron chi connectivity index (χ3n) is 4.37. The van der Waals surface area contributed by atoms with Crippen LogP contribution in [0.5, 0.6) is 0 Å². The van der Waals surface area contributed by atoms with E-state index >= 15 is 0 Å². The fourth-order valence-corrected chi connectivity index (χ4v) is 2.67. The topological polar surface area (TPSA) is 46.3 Å². The summed E-state index contributed by atoms with van der Waals surface area (Å²) in [6, 6.07) is 9.97. The van der Waals surface area contributed by atoms with Gasteiger partial charge in [-0.2, -0.15) is 0 Å². The van der Waals surface area contributed by atoms with E-state index in [0.29, 0.717) is 11.8 Å². The molecule has 2 rings (SSSR count). The van der Waals surface area contributed by atoms with Gasteiger partial charge >= 0.3 is 0 Å². The Morgan fingerprint density at radius 3 is 2.45 bits per heavy atom. The first-order chi connectivity index (χ1) is 9.48. The average molecular weight is 274 g/mol. The number of hydrogen-bond donors (Lipinski definition) is 1. The van der Waals surface area contributed by atoms with Gasteiger partial charge < -0.3 is 10.6 Å². The van der Waals surface area contributed by atoms with Crippen LogP contribution >= 0.6 is 0 Å². The van der Waals surface area contributed by atoms with E-state index in [4.69, 9.17) is 5.73 Å². The van der Waals surface area contributed by atoms with Crippen LogP contribution < -0.4 is 5.73 Å². The Morgan fingerprint density at radius 2 is 1.85 bits per heavy atom. The average Bonchev–Trinajstić information content (AvgIpc) is 2.45. The van der Waals surface area contributed by atoms with Gasteiger partial charge in [0.25, 0.3) is 0 Å². The van der Waals surface area contributed by atoms with Gasteiger partial charge in [-0.25, -0.2) is 0 Å². The second kappa shape index (κ2) is 6.40. The van der Waals surface area contributed by atoms with Gasteiger partial charge in [0.05, 0.1) is 0 Å². The van der Waals surface area contributed by atoms with Crippen LogP contribution in [0.1, 0.15) is 51.1 Å². The maximum atomic E-state index is 12.2. The molecule has 1 unspecified atom stereocenters. The molecule has 1 aromatic carbocycles. The highest BCUT2D eigenvalue weighted by Gasteiger charge is 2.27. The summed E-state index contributed by atoms with van der Waals surface area (Å²) in [4.78, 5) is 14.2. The number of piperidine rings is 1. The minimum Gasteiger partial charge on any atom is -0.343 e. The van der Waals surface area contributed by atoms with Gasteiger partial charge in [0, 0.05) is 25.6 Å². The second-order valence-corrected chi connectivity index (χ2v) is 6.60. The van der Waals surface area contributed by atoms with Crippen molar-refractivity contribution in [1.29, 1.82) is 0 Å². The first-order valence-corrected chi connectivity index (χ1v) is 7.56. The first-order valence-electron chi connectivity index (χ1n) is 7.56. The van der Waals surface area contributed by atoms with Crippen LogP contribution in [0.4, 0.5) is 0 Å². The van der Waals surface area contributed by atoms with Crippen molar-refractivity contribution < 1.29 is 4.79 Å². The first kappa shape index (κ1) is 15.0. The number of amides is 1. The molecule has 1 aliphatic rings. The highest BCUT2D eigenvalue weighted by atomic mass is 16.2. The van der Waals surface area contributed by atoms with Crippen LogP contribution in [-0.2, 0) is 4.79 Å². The van der Waals surface area contributed by atoms with Gasteiger partial charge in [-0.1, -0.05) is 44.2 Å². The molecule has 1 amide bonds. The molecule has 1 heterocycles. The lowest BCUT2D eigenvalue weighted by molar-refractivity contribution is -0.133. The summed E-state index contributed by atoms with van der Waals surface area (Å²) in [5.74, 6) is 0.256. The van der Waals surface area contributed by atoms with Gasteiger partial charge in [-0.3, -0.25) is 4.79 Å². The predicted octanol–water partition coefficient (Wildman–Crippen LogP) is 3.12. The van der Waals surface area contributed by atoms with Crippen LogP contribution in [0.15, 0.2) is 30.3 Å². The summed E-state index contributed by atoms with van der Waals surface area (Å²) >= 11 is 0. The Bertz CT molecular complexity index is 432. The number of likely N-dealkylation sites (tertiary alicyclic amines) is 1. The lowest BCUT2D eigenvalue weighted by Crippen LogP contribution is -2.41. The van der Waals surface area contributed by atoms with E-state index < -0.39 is 0 Å². The quantitative estimate of drug-likeness (QED) is 0.917. The highest BCUT2D eigenvalue weighted by molar-refractivity contribution is 5.76. The summed E-state index contributed by atoms with van der Waals surface area (Å²) in [5.41, 5.74) is 7.64. The van der Waals surface area contributed by atoms with Crippen LogP contribution in [0.2, 0.25) is 0 Å². The second-order valence-electron chi connectivity index (χ2n) is 6.60. The Morgan fingerprint density at radius 1 is 1.25 bits per heavy atom. The molecule has 1 atom stereocenters. The zero-order valence-electron chi connectivity index (χ0n) is 12.6. The lowest BCUT2D eigenvalue weighted by Gasteiger charge is -2.37. The van der Waals surface area contributed by atoms with Gasteiger partial charge in [0.15, 0.2) is 0 Å². The molecule has 1 aromatic rings. The maximum absolute atomic E-state index is 12.2. The molecule has 3 nitrogen and oxygen atoms in total. The molecule has 2 N–H and O–H groups in total. The Kier molecular flexibility index (Phi) is 4.81. The molecule has 110 valence electrons. The zero-order valence-corrected chi connectivity index (χ0v) is 12.6. The van der Waals surface area contributed by atoms with Gasteiger partial charge in [0.1, 0.15) is 0 Å². The summed E-state index contributed by atoms with van der Waals surface area (Å²) in [5, 5.41) is 0. The van der Waals surface area contributed by atoms with Crippen LogP contribution in [0, 0.1) is 5.41 Å². The van der Waals surface area contributed by atoms with Crippen molar-refractivity contribution in [2.45, 2.75) is 45.6 Å². The van der Waals surface area contributed by atoms with Crippen molar-refractivity contribution in [3.05, 3.63) is 35.9 Å². The number of hydrogen-bond acceptors (Lipinski definition) is 2. The summed E-state index contributed by atoms with van der Waals surface area (Å²) in [7, 11) is 0. The van der Waals surface area contributed by atoms with E-state index in [1.165, 1.54) is 0 Å². The largest absolute Gasteiger partial charge is 0.343 e. The van der Waals surface area contributed by atoms with Crippen molar-refractivity contribution >= 4 is 5.91 Å². The molecule has 0 radical (unpaired) electrons. The Balaban J connectivity index is 1.78. The highest BCUT2D eigenvalue weighted by Crippen LogP contribution is 2.30. The number of carbonyl (C=O) groups excluding carboxylic acids is 1. The van der Waals surface area contributed by atoms with E-state index in [1.54, 1.807) is 0 Å². The van der Waals surface area contributed by atoms with Crippen LogP contribution in [0.3, 0.4) is 0 Å². The molecular formula is C17H26N2O. The van der Waals surface area contributed by atoms with E-state index in [9.17, 15) is 4.79 Å². The maximum Gasteiger partial charge on any atom is 0.222 e. The SMILES string of the molecule is CC1(C)CCN(C(=O)CCC(N)c2ccccc2)CC1. The molecule has 1 aliphatic heterocycles. The van der Waals surface area contributed by atoms with Crippen molar-refractivity contribution in [3.63, 3.8) is 0 Å². The summed E-state index contributed by atoms with van der Waals surface area (Å²) < 4.78 is 0. The standard InChI is InChI=1S/C17H26N2O/c1-17(2)10-12-19(13-11-17)16(20)9-8-15(18)14-6-4-3-5-7-14/h3-7,15H,8-13,18H2,1-2H3. The molecule has 20 heavy (non-hydrogen) atoms. The molecule has 1 saturated heterocycles. The van der Waals surface area contributed by atoms with Gasteiger partial charge in [-0.15, -0.1) is 0 Å². The fraction of sp³-hybridized carbons (Fsp3) is 0.588. The molecule has 1 fully saturated rings. The Labute approximate surface area is 122 Å². The number of rotatable bonds is 4. The zero-order chi connectivity index (χ0) is 14.6. The Hall–Kier alpha value is -1.35. The van der Waals surface area contributed by atoms with E-state index in [-0.39, 0.29) is 11.9 Å². The van der Waals surface area contributed by atoms with Crippen molar-refractivity contribution in [2.24, 2.45) is 11.1 Å². The lowest BCUT2D eigenvalue weighted by atomic mass is 9.82. The van der Waals surface area contributed by atoms with Gasteiger partial charge in [-0.05, 0) is 30.2 Å². The number of benzene rings is 1. The molecule has 0 bridgehead atoms. The van der Waals surface area contributed by atoms with E-state index in [0.717, 1.165) is 37.9 Å². The van der Waals surface area contributed by atoms with Gasteiger partial charge in [0.2, 0.25) is 5.91 Å². The van der Waals surface area contributed by atoms with Crippen molar-refractivity contribution in [3.8, 4) is 0 Å². The summed E-state index contributed by atoms with van der Waals surface area (Å²) in [6.45, 7) is 6.35. The fourth-order valence-electron chi connectivity index (χ4n) is 2.67. The summed E-state index contributed by atoms with van der Waals surface area (Å²) in [6.07, 6.45) is 3.48. The van der Waals surface area contributed by atoms with Crippen LogP contribution in [-0.4, -0.2) is 23.9 Å². The van der Waals surface area contributed by atoms with Crippen LogP contribution in [0.25, 0.3) is 0 Å².